The quantitative estimate of drug-likeness (QED) is 0.815. The molecule has 0 atom stereocenters. The van der Waals surface area contributed by atoms with Crippen LogP contribution < -0.4 is 0 Å². The Balaban J connectivity index is 2.38. The molecular formula is C17H18O3S. The highest BCUT2D eigenvalue weighted by molar-refractivity contribution is 7.92. The molecule has 0 saturated carbocycles. The van der Waals surface area contributed by atoms with Crippen LogP contribution in [0, 0.1) is 20.8 Å². The van der Waals surface area contributed by atoms with E-state index in [-0.39, 0.29) is 10.7 Å². The number of ketones is 1. The van der Waals surface area contributed by atoms with Gasteiger partial charge in [0.2, 0.25) is 0 Å². The monoisotopic (exact) mass is 302 g/mol. The molecule has 0 amide bonds. The van der Waals surface area contributed by atoms with Gasteiger partial charge in [-0.15, -0.1) is 0 Å². The molecule has 0 aliphatic carbocycles. The third-order valence-corrected chi connectivity index (χ3v) is 5.24. The van der Waals surface area contributed by atoms with Gasteiger partial charge in [-0.3, -0.25) is 4.79 Å². The number of Topliss-reactive ketones (excluding diaryl/α,β-unsaturated/α-hetero) is 1. The highest BCUT2D eigenvalue weighted by Crippen LogP contribution is 2.23. The minimum atomic E-state index is -3.64. The van der Waals surface area contributed by atoms with E-state index in [0.717, 1.165) is 5.56 Å². The summed E-state index contributed by atoms with van der Waals surface area (Å²) in [5, 5.41) is 0. The third kappa shape index (κ3) is 3.39. The molecule has 4 heteroatoms. The Morgan fingerprint density at radius 2 is 1.48 bits per heavy atom. The van der Waals surface area contributed by atoms with E-state index in [1.165, 1.54) is 0 Å². The average molecular weight is 302 g/mol. The predicted molar refractivity (Wildman–Crippen MR) is 83.5 cm³/mol. The van der Waals surface area contributed by atoms with Crippen molar-refractivity contribution in [2.75, 3.05) is 5.75 Å². The molecule has 110 valence electrons. The Kier molecular flexibility index (Phi) is 4.28. The Morgan fingerprint density at radius 3 is 2.00 bits per heavy atom. The molecule has 0 aliphatic rings. The molecule has 0 heterocycles. The first-order valence-electron chi connectivity index (χ1n) is 6.70. The smallest absolute Gasteiger partial charge is 0.186 e. The summed E-state index contributed by atoms with van der Waals surface area (Å²) in [6.07, 6.45) is 0. The van der Waals surface area contributed by atoms with Gasteiger partial charge in [0.15, 0.2) is 15.6 Å². The van der Waals surface area contributed by atoms with E-state index in [4.69, 9.17) is 0 Å². The first-order chi connectivity index (χ1) is 9.81. The maximum atomic E-state index is 12.5. The highest BCUT2D eigenvalue weighted by atomic mass is 32.2. The molecule has 3 nitrogen and oxygen atoms in total. The lowest BCUT2D eigenvalue weighted by atomic mass is 10.1. The lowest BCUT2D eigenvalue weighted by Crippen LogP contribution is -2.18. The number of hydrogen-bond donors (Lipinski definition) is 0. The average Bonchev–Trinajstić information content (AvgIpc) is 2.37. The van der Waals surface area contributed by atoms with Crippen molar-refractivity contribution in [1.29, 1.82) is 0 Å². The number of hydrogen-bond acceptors (Lipinski definition) is 3. The molecule has 0 radical (unpaired) electrons. The van der Waals surface area contributed by atoms with Gasteiger partial charge in [0, 0.05) is 5.56 Å². The number of benzene rings is 2. The lowest BCUT2D eigenvalue weighted by Gasteiger charge is -2.11. The Labute approximate surface area is 125 Å². The van der Waals surface area contributed by atoms with Crippen molar-refractivity contribution in [3.63, 3.8) is 0 Å². The summed E-state index contributed by atoms with van der Waals surface area (Å²) >= 11 is 0. The van der Waals surface area contributed by atoms with Crippen molar-refractivity contribution in [2.24, 2.45) is 0 Å². The molecule has 0 spiro atoms. The van der Waals surface area contributed by atoms with Crippen molar-refractivity contribution in [3.8, 4) is 0 Å². The van der Waals surface area contributed by atoms with Crippen LogP contribution in [0.4, 0.5) is 0 Å². The minimum absolute atomic E-state index is 0.275. The molecule has 0 N–H and O–H groups in total. The molecule has 0 aromatic heterocycles. The second kappa shape index (κ2) is 5.82. The molecule has 0 saturated heterocycles. The van der Waals surface area contributed by atoms with Gasteiger partial charge in [-0.25, -0.2) is 8.42 Å². The van der Waals surface area contributed by atoms with Gasteiger partial charge >= 0.3 is 0 Å². The van der Waals surface area contributed by atoms with Crippen molar-refractivity contribution in [2.45, 2.75) is 25.7 Å². The fraction of sp³-hybridized carbons (Fsp3) is 0.235. The van der Waals surface area contributed by atoms with Crippen LogP contribution >= 0.6 is 0 Å². The maximum Gasteiger partial charge on any atom is 0.186 e. The summed E-state index contributed by atoms with van der Waals surface area (Å²) < 4.78 is 25.1. The summed E-state index contributed by atoms with van der Waals surface area (Å²) in [7, 11) is -3.64. The minimum Gasteiger partial charge on any atom is -0.293 e. The van der Waals surface area contributed by atoms with E-state index in [9.17, 15) is 13.2 Å². The standard InChI is InChI=1S/C17H18O3S/c1-12-9-13(2)17(14(3)10-12)21(19,20)11-16(18)15-7-5-4-6-8-15/h4-10H,11H2,1-3H3. The van der Waals surface area contributed by atoms with E-state index in [1.807, 2.05) is 19.1 Å². The molecule has 21 heavy (non-hydrogen) atoms. The molecule has 0 aliphatic heterocycles. The van der Waals surface area contributed by atoms with Gasteiger partial charge in [-0.05, 0) is 31.9 Å². The fourth-order valence-corrected chi connectivity index (χ4v) is 4.36. The zero-order valence-corrected chi connectivity index (χ0v) is 13.2. The first-order valence-corrected chi connectivity index (χ1v) is 8.35. The van der Waals surface area contributed by atoms with Crippen molar-refractivity contribution < 1.29 is 13.2 Å². The predicted octanol–water partition coefficient (Wildman–Crippen LogP) is 3.27. The van der Waals surface area contributed by atoms with E-state index in [1.54, 1.807) is 44.2 Å². The molecule has 2 aromatic carbocycles. The molecule has 0 unspecified atom stereocenters. The maximum absolute atomic E-state index is 12.5. The van der Waals surface area contributed by atoms with Gasteiger partial charge in [-0.1, -0.05) is 48.0 Å². The van der Waals surface area contributed by atoms with Crippen LogP contribution in [0.5, 0.6) is 0 Å². The summed E-state index contributed by atoms with van der Waals surface area (Å²) in [6.45, 7) is 5.45. The molecule has 0 fully saturated rings. The van der Waals surface area contributed by atoms with E-state index >= 15 is 0 Å². The van der Waals surface area contributed by atoms with Crippen LogP contribution in [0.15, 0.2) is 47.4 Å². The van der Waals surface area contributed by atoms with E-state index in [2.05, 4.69) is 0 Å². The summed E-state index contributed by atoms with van der Waals surface area (Å²) in [6, 6.07) is 12.2. The highest BCUT2D eigenvalue weighted by Gasteiger charge is 2.24. The SMILES string of the molecule is Cc1cc(C)c(S(=O)(=O)CC(=O)c2ccccc2)c(C)c1. The van der Waals surface area contributed by atoms with Crippen LogP contribution in [0.3, 0.4) is 0 Å². The third-order valence-electron chi connectivity index (χ3n) is 3.33. The number of aryl methyl sites for hydroxylation is 3. The second-order valence-electron chi connectivity index (χ2n) is 5.28. The summed E-state index contributed by atoms with van der Waals surface area (Å²) in [4.78, 5) is 12.4. The van der Waals surface area contributed by atoms with E-state index < -0.39 is 15.6 Å². The van der Waals surface area contributed by atoms with Gasteiger partial charge in [0.25, 0.3) is 0 Å². The molecule has 2 aromatic rings. The fourth-order valence-electron chi connectivity index (χ4n) is 2.61. The van der Waals surface area contributed by atoms with E-state index in [0.29, 0.717) is 16.7 Å². The lowest BCUT2D eigenvalue weighted by molar-refractivity contribution is 0.102. The van der Waals surface area contributed by atoms with Crippen LogP contribution in [0.2, 0.25) is 0 Å². The number of rotatable bonds is 4. The molecular weight excluding hydrogens is 284 g/mol. The van der Waals surface area contributed by atoms with Crippen LogP contribution in [-0.4, -0.2) is 20.0 Å². The molecule has 0 bridgehead atoms. The van der Waals surface area contributed by atoms with Crippen LogP contribution in [0.25, 0.3) is 0 Å². The number of sulfone groups is 1. The first kappa shape index (κ1) is 15.4. The van der Waals surface area contributed by atoms with Crippen molar-refractivity contribution in [3.05, 3.63) is 64.7 Å². The topological polar surface area (TPSA) is 51.2 Å². The largest absolute Gasteiger partial charge is 0.293 e. The Bertz CT molecular complexity index is 752. The van der Waals surface area contributed by atoms with Crippen molar-refractivity contribution >= 4 is 15.6 Å². The van der Waals surface area contributed by atoms with Gasteiger partial charge < -0.3 is 0 Å². The second-order valence-corrected chi connectivity index (χ2v) is 7.20. The van der Waals surface area contributed by atoms with Gasteiger partial charge in [0.1, 0.15) is 5.75 Å². The Hall–Kier alpha value is -1.94. The number of carbonyl (C=O) groups excluding carboxylic acids is 1. The van der Waals surface area contributed by atoms with Gasteiger partial charge in [-0.2, -0.15) is 0 Å². The van der Waals surface area contributed by atoms with Crippen LogP contribution in [0.1, 0.15) is 27.0 Å². The number of carbonyl (C=O) groups is 1. The molecule has 2 rings (SSSR count). The Morgan fingerprint density at radius 1 is 0.952 bits per heavy atom. The normalized spacial score (nSPS) is 11.4. The zero-order valence-electron chi connectivity index (χ0n) is 12.4. The summed E-state index contributed by atoms with van der Waals surface area (Å²) in [5.41, 5.74) is 2.81. The van der Waals surface area contributed by atoms with Crippen LogP contribution in [-0.2, 0) is 9.84 Å². The van der Waals surface area contributed by atoms with Gasteiger partial charge in [0.05, 0.1) is 4.90 Å². The summed E-state index contributed by atoms with van der Waals surface area (Å²) in [5.74, 6) is -0.878. The zero-order chi connectivity index (χ0) is 15.6. The van der Waals surface area contributed by atoms with Crippen molar-refractivity contribution in [1.82, 2.24) is 0 Å².